The molecule has 0 spiro atoms. The highest BCUT2D eigenvalue weighted by Gasteiger charge is 2.15. The third-order valence-electron chi connectivity index (χ3n) is 3.62. The monoisotopic (exact) mass is 427 g/mol. The van der Waals surface area contributed by atoms with Crippen LogP contribution in [0.1, 0.15) is 5.56 Å². The second kappa shape index (κ2) is 9.73. The molecule has 3 rings (SSSR count). The van der Waals surface area contributed by atoms with Gasteiger partial charge in [0.1, 0.15) is 11.5 Å². The standard InChI is InChI=1S/C21H15Cl2N3O3/c22-17-10-5-11-18(19(17)23)25-20(27)21(28)26-24-13-14-6-4-9-16(12-14)29-15-7-2-1-3-8-15/h1-13H,(H,25,27)(H,26,28). The predicted molar refractivity (Wildman–Crippen MR) is 114 cm³/mol. The SMILES string of the molecule is O=C(NN=Cc1cccc(Oc2ccccc2)c1)C(=O)Nc1cccc(Cl)c1Cl. The van der Waals surface area contributed by atoms with Gasteiger partial charge in [-0.15, -0.1) is 0 Å². The maximum Gasteiger partial charge on any atom is 0.329 e. The number of carbonyl (C=O) groups excluding carboxylic acids is 2. The van der Waals surface area contributed by atoms with Gasteiger partial charge in [0.05, 0.1) is 21.9 Å². The van der Waals surface area contributed by atoms with E-state index in [2.05, 4.69) is 15.8 Å². The predicted octanol–water partition coefficient (Wildman–Crippen LogP) is 4.87. The molecule has 0 saturated carbocycles. The summed E-state index contributed by atoms with van der Waals surface area (Å²) in [6, 6.07) is 21.1. The molecule has 3 aromatic carbocycles. The third kappa shape index (κ3) is 5.81. The fourth-order valence-electron chi connectivity index (χ4n) is 2.28. The lowest BCUT2D eigenvalue weighted by Gasteiger charge is -2.07. The van der Waals surface area contributed by atoms with Gasteiger partial charge in [0.2, 0.25) is 0 Å². The first-order valence-electron chi connectivity index (χ1n) is 8.44. The van der Waals surface area contributed by atoms with Crippen molar-refractivity contribution >= 4 is 46.9 Å². The number of carbonyl (C=O) groups is 2. The summed E-state index contributed by atoms with van der Waals surface area (Å²) in [5.41, 5.74) is 3.06. The number of anilines is 1. The summed E-state index contributed by atoms with van der Waals surface area (Å²) in [6.45, 7) is 0. The van der Waals surface area contributed by atoms with Crippen molar-refractivity contribution in [3.8, 4) is 11.5 Å². The second-order valence-corrected chi connectivity index (χ2v) is 6.53. The first-order chi connectivity index (χ1) is 14.0. The van der Waals surface area contributed by atoms with Crippen LogP contribution in [0.3, 0.4) is 0 Å². The lowest BCUT2D eigenvalue weighted by Crippen LogP contribution is -2.32. The summed E-state index contributed by atoms with van der Waals surface area (Å²) in [5.74, 6) is -0.562. The number of hydrogen-bond acceptors (Lipinski definition) is 4. The van der Waals surface area contributed by atoms with Crippen LogP contribution in [-0.2, 0) is 9.59 Å². The van der Waals surface area contributed by atoms with Crippen LogP contribution in [0.25, 0.3) is 0 Å². The van der Waals surface area contributed by atoms with Crippen LogP contribution in [0, 0.1) is 0 Å². The van der Waals surface area contributed by atoms with Crippen molar-refractivity contribution in [3.05, 3.63) is 88.4 Å². The van der Waals surface area contributed by atoms with E-state index >= 15 is 0 Å². The molecular formula is C21H15Cl2N3O3. The molecule has 0 saturated heterocycles. The molecule has 2 N–H and O–H groups in total. The zero-order valence-corrected chi connectivity index (χ0v) is 16.4. The van der Waals surface area contributed by atoms with Crippen LogP contribution in [0.4, 0.5) is 5.69 Å². The van der Waals surface area contributed by atoms with Gasteiger partial charge in [-0.1, -0.05) is 59.6 Å². The van der Waals surface area contributed by atoms with Gasteiger partial charge >= 0.3 is 11.8 Å². The summed E-state index contributed by atoms with van der Waals surface area (Å²) >= 11 is 11.9. The quantitative estimate of drug-likeness (QED) is 0.346. The molecule has 2 amide bonds. The summed E-state index contributed by atoms with van der Waals surface area (Å²) in [6.07, 6.45) is 1.40. The number of hydrazone groups is 1. The fraction of sp³-hybridized carbons (Fsp3) is 0. The molecule has 0 heterocycles. The molecular weight excluding hydrogens is 413 g/mol. The van der Waals surface area contributed by atoms with E-state index in [9.17, 15) is 9.59 Å². The zero-order valence-electron chi connectivity index (χ0n) is 14.9. The summed E-state index contributed by atoms with van der Waals surface area (Å²) in [5, 5.41) is 6.58. The molecule has 0 radical (unpaired) electrons. The number of nitrogens with one attached hydrogen (secondary N) is 2. The molecule has 0 aromatic heterocycles. The molecule has 8 heteroatoms. The van der Waals surface area contributed by atoms with Crippen molar-refractivity contribution in [2.24, 2.45) is 5.10 Å². The number of amides is 2. The Morgan fingerprint density at radius 1 is 0.862 bits per heavy atom. The van der Waals surface area contributed by atoms with Crippen LogP contribution in [0.15, 0.2) is 77.9 Å². The first-order valence-corrected chi connectivity index (χ1v) is 9.20. The largest absolute Gasteiger partial charge is 0.457 e. The Labute approximate surface area is 177 Å². The molecule has 0 aliphatic heterocycles. The molecule has 146 valence electrons. The van der Waals surface area contributed by atoms with Crippen LogP contribution in [0.2, 0.25) is 10.0 Å². The summed E-state index contributed by atoms with van der Waals surface area (Å²) < 4.78 is 5.74. The van der Waals surface area contributed by atoms with Crippen LogP contribution < -0.4 is 15.5 Å². The number of ether oxygens (including phenoxy) is 1. The van der Waals surface area contributed by atoms with Gasteiger partial charge in [0.15, 0.2) is 0 Å². The minimum atomic E-state index is -0.950. The van der Waals surface area contributed by atoms with E-state index in [1.807, 2.05) is 30.3 Å². The number of nitrogens with zero attached hydrogens (tertiary/aromatic N) is 1. The lowest BCUT2D eigenvalue weighted by molar-refractivity contribution is -0.136. The Morgan fingerprint density at radius 2 is 1.59 bits per heavy atom. The molecule has 0 aliphatic rings. The van der Waals surface area contributed by atoms with Crippen LogP contribution >= 0.6 is 23.2 Å². The number of benzene rings is 3. The molecule has 3 aromatic rings. The van der Waals surface area contributed by atoms with Gasteiger partial charge in [0.25, 0.3) is 0 Å². The Kier molecular flexibility index (Phi) is 6.84. The maximum absolute atomic E-state index is 12.0. The van der Waals surface area contributed by atoms with Crippen LogP contribution in [-0.4, -0.2) is 18.0 Å². The van der Waals surface area contributed by atoms with Crippen LogP contribution in [0.5, 0.6) is 11.5 Å². The minimum absolute atomic E-state index is 0.147. The minimum Gasteiger partial charge on any atom is -0.457 e. The Balaban J connectivity index is 1.57. The fourth-order valence-corrected chi connectivity index (χ4v) is 2.63. The topological polar surface area (TPSA) is 79.8 Å². The summed E-state index contributed by atoms with van der Waals surface area (Å²) in [4.78, 5) is 23.9. The highest BCUT2D eigenvalue weighted by atomic mass is 35.5. The maximum atomic E-state index is 12.0. The van der Waals surface area contributed by atoms with Gasteiger partial charge in [-0.05, 0) is 42.0 Å². The van der Waals surface area contributed by atoms with E-state index in [0.29, 0.717) is 17.1 Å². The van der Waals surface area contributed by atoms with Gasteiger partial charge in [0, 0.05) is 0 Å². The van der Waals surface area contributed by atoms with Crippen molar-refractivity contribution in [2.45, 2.75) is 0 Å². The molecule has 0 atom stereocenters. The van der Waals surface area contributed by atoms with Gasteiger partial charge in [-0.2, -0.15) is 5.10 Å². The number of para-hydroxylation sites is 1. The number of halogens is 2. The van der Waals surface area contributed by atoms with E-state index < -0.39 is 11.8 Å². The zero-order chi connectivity index (χ0) is 20.6. The van der Waals surface area contributed by atoms with Crippen molar-refractivity contribution in [1.82, 2.24) is 5.43 Å². The average molecular weight is 428 g/mol. The molecule has 29 heavy (non-hydrogen) atoms. The van der Waals surface area contributed by atoms with E-state index in [4.69, 9.17) is 27.9 Å². The van der Waals surface area contributed by atoms with Gasteiger partial charge in [-0.25, -0.2) is 5.43 Å². The normalized spacial score (nSPS) is 10.6. The van der Waals surface area contributed by atoms with E-state index in [0.717, 1.165) is 0 Å². The highest BCUT2D eigenvalue weighted by molar-refractivity contribution is 6.45. The molecule has 0 bridgehead atoms. The van der Waals surface area contributed by atoms with E-state index in [1.54, 1.807) is 36.4 Å². The van der Waals surface area contributed by atoms with Crippen molar-refractivity contribution in [3.63, 3.8) is 0 Å². The van der Waals surface area contributed by atoms with Crippen molar-refractivity contribution in [2.75, 3.05) is 5.32 Å². The molecule has 0 unspecified atom stereocenters. The Bertz CT molecular complexity index is 1060. The third-order valence-corrected chi connectivity index (χ3v) is 4.44. The molecule has 6 nitrogen and oxygen atoms in total. The molecule has 0 fully saturated rings. The Hall–Kier alpha value is -3.35. The van der Waals surface area contributed by atoms with Gasteiger partial charge < -0.3 is 10.1 Å². The van der Waals surface area contributed by atoms with Crippen molar-refractivity contribution < 1.29 is 14.3 Å². The number of hydrogen-bond donors (Lipinski definition) is 2. The first kappa shape index (κ1) is 20.4. The summed E-state index contributed by atoms with van der Waals surface area (Å²) in [7, 11) is 0. The van der Waals surface area contributed by atoms with Gasteiger partial charge in [-0.3, -0.25) is 9.59 Å². The lowest BCUT2D eigenvalue weighted by atomic mass is 10.2. The second-order valence-electron chi connectivity index (χ2n) is 5.74. The van der Waals surface area contributed by atoms with Crippen molar-refractivity contribution in [1.29, 1.82) is 0 Å². The highest BCUT2D eigenvalue weighted by Crippen LogP contribution is 2.29. The Morgan fingerprint density at radius 3 is 2.38 bits per heavy atom. The average Bonchev–Trinajstić information content (AvgIpc) is 2.72. The molecule has 0 aliphatic carbocycles. The van der Waals surface area contributed by atoms with E-state index in [-0.39, 0.29) is 15.7 Å². The van der Waals surface area contributed by atoms with E-state index in [1.165, 1.54) is 12.3 Å². The number of rotatable bonds is 5. The smallest absolute Gasteiger partial charge is 0.329 e.